The van der Waals surface area contributed by atoms with E-state index in [0.717, 1.165) is 35.6 Å². The van der Waals surface area contributed by atoms with Crippen LogP contribution in [0.1, 0.15) is 37.4 Å². The summed E-state index contributed by atoms with van der Waals surface area (Å²) >= 11 is 0. The maximum absolute atomic E-state index is 9.07. The lowest BCUT2D eigenvalue weighted by atomic mass is 10.1. The standard InChI is InChI=1S/C18H23NO2/c1-3-12-19-14(2)17-6-4-5-7-18(17)21-16-10-8-15(13-20)9-11-16/h4-11,14,19-20H,3,12-13H2,1-2H3. The third-order valence-corrected chi connectivity index (χ3v) is 3.42. The zero-order chi connectivity index (χ0) is 15.1. The molecule has 21 heavy (non-hydrogen) atoms. The van der Waals surface area contributed by atoms with Crippen LogP contribution in [0.25, 0.3) is 0 Å². The van der Waals surface area contributed by atoms with Gasteiger partial charge in [-0.3, -0.25) is 0 Å². The van der Waals surface area contributed by atoms with E-state index >= 15 is 0 Å². The van der Waals surface area contributed by atoms with Gasteiger partial charge in [0.25, 0.3) is 0 Å². The van der Waals surface area contributed by atoms with Gasteiger partial charge >= 0.3 is 0 Å². The molecule has 0 aliphatic rings. The summed E-state index contributed by atoms with van der Waals surface area (Å²) in [5.74, 6) is 1.65. The van der Waals surface area contributed by atoms with Gasteiger partial charge in [0.1, 0.15) is 11.5 Å². The molecule has 3 nitrogen and oxygen atoms in total. The molecule has 2 rings (SSSR count). The molecule has 112 valence electrons. The molecule has 0 spiro atoms. The maximum Gasteiger partial charge on any atom is 0.132 e. The van der Waals surface area contributed by atoms with Gasteiger partial charge in [0.05, 0.1) is 6.61 Å². The Morgan fingerprint density at radius 1 is 1.10 bits per heavy atom. The van der Waals surface area contributed by atoms with Crippen LogP contribution < -0.4 is 10.1 Å². The van der Waals surface area contributed by atoms with Crippen LogP contribution in [0.15, 0.2) is 48.5 Å². The minimum atomic E-state index is 0.0504. The van der Waals surface area contributed by atoms with Gasteiger partial charge < -0.3 is 15.2 Å². The van der Waals surface area contributed by atoms with E-state index in [4.69, 9.17) is 9.84 Å². The van der Waals surface area contributed by atoms with Gasteiger partial charge in [0.15, 0.2) is 0 Å². The van der Waals surface area contributed by atoms with Gasteiger partial charge in [-0.15, -0.1) is 0 Å². The highest BCUT2D eigenvalue weighted by molar-refractivity contribution is 5.40. The predicted octanol–water partition coefficient (Wildman–Crippen LogP) is 4.03. The molecule has 0 aliphatic carbocycles. The summed E-state index contributed by atoms with van der Waals surface area (Å²) < 4.78 is 5.99. The maximum atomic E-state index is 9.07. The van der Waals surface area contributed by atoms with E-state index in [1.807, 2.05) is 42.5 Å². The van der Waals surface area contributed by atoms with Crippen LogP contribution >= 0.6 is 0 Å². The van der Waals surface area contributed by atoms with Crippen molar-refractivity contribution in [3.63, 3.8) is 0 Å². The molecule has 2 N–H and O–H groups in total. The van der Waals surface area contributed by atoms with Gasteiger partial charge in [-0.1, -0.05) is 37.3 Å². The normalized spacial score (nSPS) is 12.1. The number of hydrogen-bond donors (Lipinski definition) is 2. The minimum absolute atomic E-state index is 0.0504. The molecule has 0 bridgehead atoms. The molecule has 1 atom stereocenters. The molecule has 0 saturated carbocycles. The largest absolute Gasteiger partial charge is 0.457 e. The number of aliphatic hydroxyl groups excluding tert-OH is 1. The smallest absolute Gasteiger partial charge is 0.132 e. The van der Waals surface area contributed by atoms with Crippen LogP contribution in [0, 0.1) is 0 Å². The summed E-state index contributed by atoms with van der Waals surface area (Å²) in [7, 11) is 0. The first-order valence-electron chi connectivity index (χ1n) is 7.44. The van der Waals surface area contributed by atoms with Gasteiger partial charge in [0.2, 0.25) is 0 Å². The van der Waals surface area contributed by atoms with Crippen molar-refractivity contribution >= 4 is 0 Å². The lowest BCUT2D eigenvalue weighted by Crippen LogP contribution is -2.19. The Balaban J connectivity index is 2.15. The number of rotatable bonds is 7. The third-order valence-electron chi connectivity index (χ3n) is 3.42. The van der Waals surface area contributed by atoms with Crippen LogP contribution in [-0.2, 0) is 6.61 Å². The first kappa shape index (κ1) is 15.5. The predicted molar refractivity (Wildman–Crippen MR) is 85.6 cm³/mol. The molecule has 0 aliphatic heterocycles. The number of aliphatic hydroxyl groups is 1. The van der Waals surface area contributed by atoms with E-state index in [0.29, 0.717) is 0 Å². The zero-order valence-corrected chi connectivity index (χ0v) is 12.7. The van der Waals surface area contributed by atoms with Crippen LogP contribution in [0.4, 0.5) is 0 Å². The highest BCUT2D eigenvalue weighted by Gasteiger charge is 2.11. The molecule has 0 saturated heterocycles. The first-order valence-corrected chi connectivity index (χ1v) is 7.44. The van der Waals surface area contributed by atoms with E-state index in [1.54, 1.807) is 0 Å². The Morgan fingerprint density at radius 3 is 2.48 bits per heavy atom. The number of benzene rings is 2. The SMILES string of the molecule is CCCNC(C)c1ccccc1Oc1ccc(CO)cc1. The molecule has 0 heterocycles. The van der Waals surface area contributed by atoms with Crippen molar-refractivity contribution < 1.29 is 9.84 Å². The Hall–Kier alpha value is -1.84. The van der Waals surface area contributed by atoms with Crippen molar-refractivity contribution in [1.82, 2.24) is 5.32 Å². The summed E-state index contributed by atoms with van der Waals surface area (Å²) in [4.78, 5) is 0. The van der Waals surface area contributed by atoms with Gasteiger partial charge in [-0.05, 0) is 43.7 Å². The average Bonchev–Trinajstić information content (AvgIpc) is 2.54. The van der Waals surface area contributed by atoms with E-state index in [2.05, 4.69) is 25.2 Å². The summed E-state index contributed by atoms with van der Waals surface area (Å²) in [5, 5.41) is 12.5. The molecule has 0 amide bonds. The number of hydrogen-bond acceptors (Lipinski definition) is 3. The zero-order valence-electron chi connectivity index (χ0n) is 12.7. The Morgan fingerprint density at radius 2 is 1.81 bits per heavy atom. The molecule has 1 unspecified atom stereocenters. The Labute approximate surface area is 126 Å². The van der Waals surface area contributed by atoms with Gasteiger partial charge in [0, 0.05) is 11.6 Å². The summed E-state index contributed by atoms with van der Waals surface area (Å²) in [6, 6.07) is 15.8. The van der Waals surface area contributed by atoms with E-state index in [9.17, 15) is 0 Å². The summed E-state index contributed by atoms with van der Waals surface area (Å²) in [6.45, 7) is 5.34. The highest BCUT2D eigenvalue weighted by Crippen LogP contribution is 2.29. The number of ether oxygens (including phenoxy) is 1. The monoisotopic (exact) mass is 285 g/mol. The second-order valence-electron chi connectivity index (χ2n) is 5.12. The molecule has 2 aromatic carbocycles. The molecule has 0 aromatic heterocycles. The van der Waals surface area contributed by atoms with Crippen LogP contribution in [-0.4, -0.2) is 11.7 Å². The van der Waals surface area contributed by atoms with Gasteiger partial charge in [-0.2, -0.15) is 0 Å². The molecular weight excluding hydrogens is 262 g/mol. The molecule has 3 heteroatoms. The highest BCUT2D eigenvalue weighted by atomic mass is 16.5. The van der Waals surface area contributed by atoms with Crippen molar-refractivity contribution in [3.8, 4) is 11.5 Å². The average molecular weight is 285 g/mol. The van der Waals surface area contributed by atoms with Crippen molar-refractivity contribution in [2.24, 2.45) is 0 Å². The van der Waals surface area contributed by atoms with Crippen molar-refractivity contribution in [1.29, 1.82) is 0 Å². The second kappa shape index (κ2) is 7.81. The Kier molecular flexibility index (Phi) is 5.78. The van der Waals surface area contributed by atoms with Crippen molar-refractivity contribution in [2.45, 2.75) is 32.9 Å². The lowest BCUT2D eigenvalue weighted by molar-refractivity contribution is 0.281. The molecule has 2 aromatic rings. The van der Waals surface area contributed by atoms with E-state index in [-0.39, 0.29) is 12.6 Å². The summed E-state index contributed by atoms with van der Waals surface area (Å²) in [6.07, 6.45) is 1.11. The topological polar surface area (TPSA) is 41.5 Å². The van der Waals surface area contributed by atoms with Crippen molar-refractivity contribution in [3.05, 3.63) is 59.7 Å². The third kappa shape index (κ3) is 4.31. The lowest BCUT2D eigenvalue weighted by Gasteiger charge is -2.18. The quantitative estimate of drug-likeness (QED) is 0.807. The second-order valence-corrected chi connectivity index (χ2v) is 5.12. The van der Waals surface area contributed by atoms with Crippen LogP contribution in [0.5, 0.6) is 11.5 Å². The number of para-hydroxylation sites is 1. The molecule has 0 fully saturated rings. The fourth-order valence-electron chi connectivity index (χ4n) is 2.19. The van der Waals surface area contributed by atoms with Crippen LogP contribution in [0.2, 0.25) is 0 Å². The van der Waals surface area contributed by atoms with Gasteiger partial charge in [-0.25, -0.2) is 0 Å². The van der Waals surface area contributed by atoms with E-state index < -0.39 is 0 Å². The molecule has 0 radical (unpaired) electrons. The fourth-order valence-corrected chi connectivity index (χ4v) is 2.19. The Bertz CT molecular complexity index is 551. The van der Waals surface area contributed by atoms with E-state index in [1.165, 1.54) is 0 Å². The number of nitrogens with one attached hydrogen (secondary N) is 1. The van der Waals surface area contributed by atoms with Crippen molar-refractivity contribution in [2.75, 3.05) is 6.54 Å². The first-order chi connectivity index (χ1) is 10.2. The molecular formula is C18H23NO2. The van der Waals surface area contributed by atoms with Crippen LogP contribution in [0.3, 0.4) is 0 Å². The minimum Gasteiger partial charge on any atom is -0.457 e. The summed E-state index contributed by atoms with van der Waals surface area (Å²) in [5.41, 5.74) is 2.03. The fraction of sp³-hybridized carbons (Fsp3) is 0.333.